The first-order valence-electron chi connectivity index (χ1n) is 10.6. The zero-order valence-electron chi connectivity index (χ0n) is 16.9. The van der Waals surface area contributed by atoms with Crippen LogP contribution in [-0.2, 0) is 11.3 Å². The van der Waals surface area contributed by atoms with Crippen LogP contribution in [0, 0.1) is 0 Å². The minimum absolute atomic E-state index is 0.118. The van der Waals surface area contributed by atoms with Crippen molar-refractivity contribution in [3.63, 3.8) is 0 Å². The fourth-order valence-electron chi connectivity index (χ4n) is 3.74. The molecule has 2 aliphatic heterocycles. The van der Waals surface area contributed by atoms with Crippen LogP contribution in [0.25, 0.3) is 0 Å². The van der Waals surface area contributed by atoms with Gasteiger partial charge in [-0.1, -0.05) is 19.8 Å². The topological polar surface area (TPSA) is 91.1 Å². The predicted molar refractivity (Wildman–Crippen MR) is 105 cm³/mol. The Morgan fingerprint density at radius 2 is 2.14 bits per heavy atom. The summed E-state index contributed by atoms with van der Waals surface area (Å²) in [7, 11) is 0. The van der Waals surface area contributed by atoms with Gasteiger partial charge in [-0.25, -0.2) is 4.98 Å². The number of nitrogens with one attached hydrogen (secondary N) is 1. The van der Waals surface area contributed by atoms with E-state index in [0.717, 1.165) is 71.4 Å². The third-order valence-corrected chi connectivity index (χ3v) is 5.48. The molecule has 2 fully saturated rings. The minimum atomic E-state index is -0.228. The van der Waals surface area contributed by atoms with Crippen LogP contribution in [0.3, 0.4) is 0 Å². The van der Waals surface area contributed by atoms with Gasteiger partial charge in [0, 0.05) is 45.9 Å². The monoisotopic (exact) mass is 394 g/mol. The lowest BCUT2D eigenvalue weighted by molar-refractivity contribution is 0.0627. The Kier molecular flexibility index (Phi) is 8.27. The molecule has 1 aromatic heterocycles. The normalized spacial score (nSPS) is 22.4. The Balaban J connectivity index is 1.36. The molecule has 0 radical (unpaired) electrons. The summed E-state index contributed by atoms with van der Waals surface area (Å²) in [6.45, 7) is 8.47. The van der Waals surface area contributed by atoms with E-state index in [2.05, 4.69) is 27.0 Å². The number of aliphatic hydroxyl groups is 1. The maximum absolute atomic E-state index is 12.2. The molecule has 28 heavy (non-hydrogen) atoms. The molecule has 1 amide bonds. The third kappa shape index (κ3) is 6.55. The molecule has 2 atom stereocenters. The van der Waals surface area contributed by atoms with Gasteiger partial charge < -0.3 is 19.6 Å². The molecule has 0 saturated carbocycles. The number of piperazine rings is 1. The Labute approximate surface area is 167 Å². The largest absolute Gasteiger partial charge is 0.447 e. The Morgan fingerprint density at radius 1 is 1.36 bits per heavy atom. The van der Waals surface area contributed by atoms with E-state index >= 15 is 0 Å². The number of aromatic nitrogens is 1. The highest BCUT2D eigenvalue weighted by molar-refractivity contribution is 5.91. The summed E-state index contributed by atoms with van der Waals surface area (Å²) in [6, 6.07) is 0. The first kappa shape index (κ1) is 21.2. The number of nitrogens with zero attached hydrogens (tertiary/aromatic N) is 3. The van der Waals surface area contributed by atoms with E-state index in [9.17, 15) is 9.90 Å². The van der Waals surface area contributed by atoms with Crippen molar-refractivity contribution in [3.05, 3.63) is 17.8 Å². The van der Waals surface area contributed by atoms with E-state index in [4.69, 9.17) is 9.15 Å². The van der Waals surface area contributed by atoms with Crippen LogP contribution in [0.5, 0.6) is 0 Å². The molecule has 2 aliphatic rings. The average molecular weight is 395 g/mol. The molecule has 8 heteroatoms. The lowest BCUT2D eigenvalue weighted by atomic mass is 10.1. The van der Waals surface area contributed by atoms with Crippen molar-refractivity contribution in [1.82, 2.24) is 20.1 Å². The zero-order valence-corrected chi connectivity index (χ0v) is 16.9. The molecule has 0 aliphatic carbocycles. The quantitative estimate of drug-likeness (QED) is 0.617. The number of aliphatic hydroxyl groups excluding tert-OH is 1. The van der Waals surface area contributed by atoms with Crippen LogP contribution in [0.1, 0.15) is 55.4 Å². The molecular formula is C20H34N4O4. The van der Waals surface area contributed by atoms with E-state index in [0.29, 0.717) is 24.7 Å². The number of hydrogen-bond acceptors (Lipinski definition) is 7. The molecule has 3 rings (SSSR count). The molecule has 3 heterocycles. The molecule has 2 N–H and O–H groups in total. The molecule has 2 unspecified atom stereocenters. The minimum Gasteiger partial charge on any atom is -0.447 e. The van der Waals surface area contributed by atoms with Crippen LogP contribution >= 0.6 is 0 Å². The van der Waals surface area contributed by atoms with Gasteiger partial charge in [0.15, 0.2) is 5.69 Å². The van der Waals surface area contributed by atoms with Crippen molar-refractivity contribution >= 4 is 5.91 Å². The van der Waals surface area contributed by atoms with Crippen molar-refractivity contribution < 1.29 is 19.1 Å². The zero-order chi connectivity index (χ0) is 19.8. The maximum Gasteiger partial charge on any atom is 0.273 e. The Hall–Kier alpha value is -1.48. The highest BCUT2D eigenvalue weighted by atomic mass is 16.5. The van der Waals surface area contributed by atoms with Gasteiger partial charge in [-0.2, -0.15) is 0 Å². The van der Waals surface area contributed by atoms with Crippen molar-refractivity contribution in [2.24, 2.45) is 0 Å². The van der Waals surface area contributed by atoms with Crippen molar-refractivity contribution in [3.8, 4) is 0 Å². The first-order valence-corrected chi connectivity index (χ1v) is 10.6. The number of ether oxygens (including phenoxy) is 1. The molecule has 2 saturated heterocycles. The SMILES string of the molecule is CCCCC(O)CN1CCN(Cc2nc(C(=O)NCC3CCCO3)co2)CC1. The van der Waals surface area contributed by atoms with Crippen LogP contribution < -0.4 is 5.32 Å². The average Bonchev–Trinajstić information content (AvgIpc) is 3.38. The van der Waals surface area contributed by atoms with Crippen molar-refractivity contribution in [2.45, 2.75) is 57.8 Å². The molecule has 8 nitrogen and oxygen atoms in total. The number of oxazole rings is 1. The van der Waals surface area contributed by atoms with Gasteiger partial charge in [-0.15, -0.1) is 0 Å². The summed E-state index contributed by atoms with van der Waals surface area (Å²) < 4.78 is 11.0. The number of unbranched alkanes of at least 4 members (excludes halogenated alkanes) is 1. The molecule has 0 bridgehead atoms. The second kappa shape index (κ2) is 10.9. The highest BCUT2D eigenvalue weighted by Gasteiger charge is 2.22. The maximum atomic E-state index is 12.2. The summed E-state index contributed by atoms with van der Waals surface area (Å²) in [6.07, 6.45) is 6.45. The summed E-state index contributed by atoms with van der Waals surface area (Å²) in [5.41, 5.74) is 0.325. The molecule has 0 aromatic carbocycles. The van der Waals surface area contributed by atoms with E-state index in [1.165, 1.54) is 6.26 Å². The second-order valence-corrected chi connectivity index (χ2v) is 7.84. The molecule has 1 aromatic rings. The van der Waals surface area contributed by atoms with Crippen molar-refractivity contribution in [2.75, 3.05) is 45.9 Å². The van der Waals surface area contributed by atoms with Gasteiger partial charge in [0.1, 0.15) is 6.26 Å². The molecule has 0 spiro atoms. The second-order valence-electron chi connectivity index (χ2n) is 7.84. The molecule has 158 valence electrons. The van der Waals surface area contributed by atoms with Crippen LogP contribution in [0.4, 0.5) is 0 Å². The number of carbonyl (C=O) groups excluding carboxylic acids is 1. The van der Waals surface area contributed by atoms with E-state index in [1.807, 2.05) is 0 Å². The number of rotatable bonds is 10. The standard InChI is InChI=1S/C20H34N4O4/c1-2-3-5-16(25)13-23-7-9-24(10-8-23)14-19-22-18(15-28-19)20(26)21-12-17-6-4-11-27-17/h15-17,25H,2-14H2,1H3,(H,21,26). The lowest BCUT2D eigenvalue weighted by Gasteiger charge is -2.35. The van der Waals surface area contributed by atoms with E-state index in [-0.39, 0.29) is 18.1 Å². The van der Waals surface area contributed by atoms with Gasteiger partial charge >= 0.3 is 0 Å². The summed E-state index contributed by atoms with van der Waals surface area (Å²) in [4.78, 5) is 21.1. The first-order chi connectivity index (χ1) is 13.6. The summed E-state index contributed by atoms with van der Waals surface area (Å²) >= 11 is 0. The number of hydrogen-bond donors (Lipinski definition) is 2. The van der Waals surface area contributed by atoms with E-state index in [1.54, 1.807) is 0 Å². The van der Waals surface area contributed by atoms with Crippen molar-refractivity contribution in [1.29, 1.82) is 0 Å². The van der Waals surface area contributed by atoms with Crippen LogP contribution in [0.2, 0.25) is 0 Å². The number of β-amino-alcohol motifs (C(OH)–C–C–N with tert-alkyl or cyclic N) is 1. The number of amides is 1. The lowest BCUT2D eigenvalue weighted by Crippen LogP contribution is -2.48. The predicted octanol–water partition coefficient (Wildman–Crippen LogP) is 1.25. The Morgan fingerprint density at radius 3 is 2.86 bits per heavy atom. The van der Waals surface area contributed by atoms with E-state index < -0.39 is 0 Å². The summed E-state index contributed by atoms with van der Waals surface area (Å²) in [5.74, 6) is 0.357. The highest BCUT2D eigenvalue weighted by Crippen LogP contribution is 2.12. The Bertz CT molecular complexity index is 595. The van der Waals surface area contributed by atoms with Gasteiger partial charge in [-0.05, 0) is 19.3 Å². The van der Waals surface area contributed by atoms with Crippen LogP contribution in [0.15, 0.2) is 10.7 Å². The van der Waals surface area contributed by atoms with Crippen LogP contribution in [-0.4, -0.2) is 83.9 Å². The van der Waals surface area contributed by atoms with Gasteiger partial charge in [0.05, 0.1) is 18.8 Å². The molecular weight excluding hydrogens is 360 g/mol. The number of carbonyl (C=O) groups is 1. The third-order valence-electron chi connectivity index (χ3n) is 5.48. The van der Waals surface area contributed by atoms with Gasteiger partial charge in [0.2, 0.25) is 5.89 Å². The van der Waals surface area contributed by atoms with Gasteiger partial charge in [0.25, 0.3) is 5.91 Å². The smallest absolute Gasteiger partial charge is 0.273 e. The fourth-order valence-corrected chi connectivity index (χ4v) is 3.74. The summed E-state index contributed by atoms with van der Waals surface area (Å²) in [5, 5.41) is 12.9. The fraction of sp³-hybridized carbons (Fsp3) is 0.800. The van der Waals surface area contributed by atoms with Gasteiger partial charge in [-0.3, -0.25) is 14.6 Å².